The van der Waals surface area contributed by atoms with Gasteiger partial charge < -0.3 is 14.3 Å². The number of amides is 2. The molecule has 3 heterocycles. The second-order valence-corrected chi connectivity index (χ2v) is 7.66. The molecule has 0 aliphatic carbocycles. The first kappa shape index (κ1) is 19.3. The number of nitrogens with zero attached hydrogens (tertiary/aromatic N) is 4. The fourth-order valence-corrected chi connectivity index (χ4v) is 3.94. The maximum Gasteiger partial charge on any atom is 0.245 e. The molecule has 4 rings (SSSR count). The van der Waals surface area contributed by atoms with E-state index in [4.69, 9.17) is 4.52 Å². The maximum absolute atomic E-state index is 13.4. The smallest absolute Gasteiger partial charge is 0.245 e. The first-order valence-electron chi connectivity index (χ1n) is 9.82. The normalized spacial score (nSPS) is 19.7. The van der Waals surface area contributed by atoms with Crippen molar-refractivity contribution in [2.24, 2.45) is 5.92 Å². The fourth-order valence-electron chi connectivity index (χ4n) is 3.94. The number of hydrogen-bond donors (Lipinski definition) is 0. The number of likely N-dealkylation sites (tertiary alicyclic amines) is 2. The Bertz CT molecular complexity index is 922. The number of carbonyl (C=O) groups excluding carboxylic acids is 2. The minimum absolute atomic E-state index is 0.0252. The first-order valence-corrected chi connectivity index (χ1v) is 9.82. The molecule has 1 atom stereocenters. The van der Waals surface area contributed by atoms with Crippen molar-refractivity contribution in [1.82, 2.24) is 19.9 Å². The van der Waals surface area contributed by atoms with Gasteiger partial charge in [-0.15, -0.1) is 0 Å². The zero-order valence-electron chi connectivity index (χ0n) is 16.1. The van der Waals surface area contributed by atoms with Crippen LogP contribution in [0.25, 0.3) is 11.4 Å². The molecular weight excluding hydrogens is 375 g/mol. The van der Waals surface area contributed by atoms with Crippen molar-refractivity contribution in [3.63, 3.8) is 0 Å². The van der Waals surface area contributed by atoms with E-state index in [9.17, 15) is 14.0 Å². The highest BCUT2D eigenvalue weighted by Crippen LogP contribution is 2.29. The average Bonchev–Trinajstić information content (AvgIpc) is 3.20. The van der Waals surface area contributed by atoms with Crippen LogP contribution in [-0.2, 0) is 9.59 Å². The molecule has 1 aromatic heterocycles. The van der Waals surface area contributed by atoms with Crippen LogP contribution in [0.3, 0.4) is 0 Å². The van der Waals surface area contributed by atoms with Gasteiger partial charge in [-0.3, -0.25) is 9.59 Å². The molecule has 2 aliphatic rings. The van der Waals surface area contributed by atoms with Gasteiger partial charge in [0.05, 0.1) is 5.92 Å². The van der Waals surface area contributed by atoms with Crippen molar-refractivity contribution in [3.8, 4) is 11.4 Å². The Kier molecular flexibility index (Phi) is 5.42. The van der Waals surface area contributed by atoms with Crippen LogP contribution in [0.2, 0.25) is 0 Å². The lowest BCUT2D eigenvalue weighted by atomic mass is 9.93. The molecule has 2 amide bonds. The van der Waals surface area contributed by atoms with Crippen molar-refractivity contribution in [2.45, 2.75) is 25.2 Å². The molecule has 29 heavy (non-hydrogen) atoms. The second kappa shape index (κ2) is 8.14. The van der Waals surface area contributed by atoms with Crippen LogP contribution >= 0.6 is 0 Å². The predicted octanol–water partition coefficient (Wildman–Crippen LogP) is 2.62. The summed E-state index contributed by atoms with van der Waals surface area (Å²) in [5.74, 6) is 0.662. The van der Waals surface area contributed by atoms with E-state index in [1.165, 1.54) is 18.2 Å². The summed E-state index contributed by atoms with van der Waals surface area (Å²) < 4.78 is 18.8. The molecule has 2 aromatic rings. The van der Waals surface area contributed by atoms with Crippen LogP contribution < -0.4 is 0 Å². The van der Waals surface area contributed by atoms with E-state index in [2.05, 4.69) is 16.7 Å². The minimum atomic E-state index is -0.354. The zero-order valence-corrected chi connectivity index (χ0v) is 16.1. The van der Waals surface area contributed by atoms with Crippen LogP contribution in [0.4, 0.5) is 4.39 Å². The lowest BCUT2D eigenvalue weighted by Gasteiger charge is -2.40. The summed E-state index contributed by atoms with van der Waals surface area (Å²) in [5.41, 5.74) is 0.562. The zero-order chi connectivity index (χ0) is 20.4. The third kappa shape index (κ3) is 4.21. The van der Waals surface area contributed by atoms with E-state index in [0.717, 1.165) is 12.8 Å². The van der Waals surface area contributed by atoms with Crippen molar-refractivity contribution in [2.75, 3.05) is 26.2 Å². The number of piperidine rings is 1. The quantitative estimate of drug-likeness (QED) is 0.724. The van der Waals surface area contributed by atoms with Crippen molar-refractivity contribution in [3.05, 3.63) is 48.6 Å². The molecule has 8 heteroatoms. The van der Waals surface area contributed by atoms with E-state index in [0.29, 0.717) is 49.9 Å². The van der Waals surface area contributed by atoms with Gasteiger partial charge in [-0.25, -0.2) is 4.39 Å². The Labute approximate surface area is 168 Å². The maximum atomic E-state index is 13.4. The van der Waals surface area contributed by atoms with Crippen LogP contribution in [0.1, 0.15) is 31.1 Å². The van der Waals surface area contributed by atoms with Crippen LogP contribution in [0.5, 0.6) is 0 Å². The third-order valence-corrected chi connectivity index (χ3v) is 5.55. The molecule has 0 N–H and O–H groups in total. The Morgan fingerprint density at radius 2 is 2.10 bits per heavy atom. The summed E-state index contributed by atoms with van der Waals surface area (Å²) in [4.78, 5) is 32.2. The Morgan fingerprint density at radius 3 is 2.86 bits per heavy atom. The second-order valence-electron chi connectivity index (χ2n) is 7.66. The van der Waals surface area contributed by atoms with Gasteiger partial charge in [0, 0.05) is 44.1 Å². The fraction of sp³-hybridized carbons (Fsp3) is 0.429. The van der Waals surface area contributed by atoms with Crippen molar-refractivity contribution in [1.29, 1.82) is 0 Å². The lowest BCUT2D eigenvalue weighted by Crippen LogP contribution is -2.51. The first-order chi connectivity index (χ1) is 14.0. The Hall–Kier alpha value is -3.03. The number of benzene rings is 1. The highest BCUT2D eigenvalue weighted by atomic mass is 19.1. The van der Waals surface area contributed by atoms with Crippen molar-refractivity contribution < 1.29 is 18.5 Å². The minimum Gasteiger partial charge on any atom is -0.342 e. The molecule has 1 aromatic carbocycles. The molecule has 0 saturated carbocycles. The van der Waals surface area contributed by atoms with E-state index >= 15 is 0 Å². The molecule has 0 bridgehead atoms. The molecule has 1 unspecified atom stereocenters. The topological polar surface area (TPSA) is 79.5 Å². The molecule has 7 nitrogen and oxygen atoms in total. The summed E-state index contributed by atoms with van der Waals surface area (Å²) in [5, 5.41) is 3.97. The Morgan fingerprint density at radius 1 is 1.28 bits per heavy atom. The van der Waals surface area contributed by atoms with Crippen LogP contribution in [0.15, 0.2) is 41.4 Å². The number of hydrogen-bond acceptors (Lipinski definition) is 5. The summed E-state index contributed by atoms with van der Waals surface area (Å²) in [7, 11) is 0. The lowest BCUT2D eigenvalue weighted by molar-refractivity contribution is -0.139. The van der Waals surface area contributed by atoms with Gasteiger partial charge in [-0.2, -0.15) is 4.98 Å². The molecule has 152 valence electrons. The summed E-state index contributed by atoms with van der Waals surface area (Å²) >= 11 is 0. The summed E-state index contributed by atoms with van der Waals surface area (Å²) in [6.45, 7) is 5.94. The standard InChI is InChI=1S/C21H23FN4O3/c1-2-18(27)26-11-14(12-26)9-19(28)25-8-4-6-16(13-25)21-23-20(24-29-21)15-5-3-7-17(22)10-15/h2-3,5,7,10,14,16H,1,4,6,8-9,11-13H2. The molecule has 2 saturated heterocycles. The van der Waals surface area contributed by atoms with Crippen LogP contribution in [0, 0.1) is 11.7 Å². The average molecular weight is 398 g/mol. The van der Waals surface area contributed by atoms with Gasteiger partial charge in [0.25, 0.3) is 0 Å². The number of rotatable bonds is 5. The monoisotopic (exact) mass is 398 g/mol. The Balaban J connectivity index is 1.35. The van der Waals surface area contributed by atoms with Gasteiger partial charge >= 0.3 is 0 Å². The molecular formula is C21H23FN4O3. The highest BCUT2D eigenvalue weighted by molar-refractivity contribution is 5.87. The predicted molar refractivity (Wildman–Crippen MR) is 103 cm³/mol. The molecule has 0 spiro atoms. The third-order valence-electron chi connectivity index (χ3n) is 5.55. The van der Waals surface area contributed by atoms with E-state index in [1.807, 2.05) is 4.90 Å². The SMILES string of the molecule is C=CC(=O)N1CC(CC(=O)N2CCCC(c3nc(-c4cccc(F)c4)no3)C2)C1. The van der Waals surface area contributed by atoms with Gasteiger partial charge in [0.15, 0.2) is 0 Å². The van der Waals surface area contributed by atoms with Crippen molar-refractivity contribution >= 4 is 11.8 Å². The van der Waals surface area contributed by atoms with Gasteiger partial charge in [0.2, 0.25) is 23.5 Å². The highest BCUT2D eigenvalue weighted by Gasteiger charge is 2.34. The number of halogens is 1. The van der Waals surface area contributed by atoms with E-state index in [1.54, 1.807) is 17.0 Å². The largest absolute Gasteiger partial charge is 0.342 e. The summed E-state index contributed by atoms with van der Waals surface area (Å²) in [6.07, 6.45) is 3.46. The van der Waals surface area contributed by atoms with E-state index < -0.39 is 0 Å². The van der Waals surface area contributed by atoms with Crippen LogP contribution in [-0.4, -0.2) is 57.9 Å². The number of carbonyl (C=O) groups is 2. The number of aromatic nitrogens is 2. The van der Waals surface area contributed by atoms with Gasteiger partial charge in [-0.1, -0.05) is 23.9 Å². The van der Waals surface area contributed by atoms with Gasteiger partial charge in [0.1, 0.15) is 5.82 Å². The molecule has 2 aliphatic heterocycles. The molecule has 2 fully saturated rings. The van der Waals surface area contributed by atoms with E-state index in [-0.39, 0.29) is 29.5 Å². The summed E-state index contributed by atoms with van der Waals surface area (Å²) in [6, 6.07) is 6.06. The van der Waals surface area contributed by atoms with Gasteiger partial charge in [-0.05, 0) is 31.1 Å². The molecule has 0 radical (unpaired) electrons.